The molecular formula is C17H13Cl2N3O2. The Kier molecular flexibility index (Phi) is 4.30. The number of nitrogens with one attached hydrogen (secondary N) is 1. The quantitative estimate of drug-likeness (QED) is 0.754. The number of hydrogen-bond acceptors (Lipinski definition) is 3. The Morgan fingerprint density at radius 2 is 1.96 bits per heavy atom. The fourth-order valence-corrected chi connectivity index (χ4v) is 2.77. The summed E-state index contributed by atoms with van der Waals surface area (Å²) in [4.78, 5) is 25.1. The number of halogens is 2. The van der Waals surface area contributed by atoms with Crippen LogP contribution in [0.15, 0.2) is 41.2 Å². The van der Waals surface area contributed by atoms with Crippen LogP contribution in [0.25, 0.3) is 10.9 Å². The molecule has 7 heteroatoms. The molecule has 0 spiro atoms. The first-order chi connectivity index (χ1) is 11.4. The van der Waals surface area contributed by atoms with Crippen LogP contribution in [0.1, 0.15) is 16.1 Å². The van der Waals surface area contributed by atoms with Crippen molar-refractivity contribution >= 4 is 45.7 Å². The number of carbonyl (C=O) groups excluding carboxylic acids is 1. The van der Waals surface area contributed by atoms with Gasteiger partial charge < -0.3 is 5.32 Å². The van der Waals surface area contributed by atoms with Gasteiger partial charge in [-0.3, -0.25) is 14.3 Å². The van der Waals surface area contributed by atoms with Crippen molar-refractivity contribution in [2.75, 3.05) is 5.32 Å². The fraction of sp³-hybridized carbons (Fsp3) is 0.118. The van der Waals surface area contributed by atoms with Crippen molar-refractivity contribution in [3.63, 3.8) is 0 Å². The van der Waals surface area contributed by atoms with Crippen LogP contribution in [0.2, 0.25) is 10.0 Å². The molecule has 1 aromatic heterocycles. The van der Waals surface area contributed by atoms with Crippen molar-refractivity contribution in [1.82, 2.24) is 9.78 Å². The summed E-state index contributed by atoms with van der Waals surface area (Å²) in [7, 11) is 1.66. The summed E-state index contributed by atoms with van der Waals surface area (Å²) in [6.07, 6.45) is 0. The standard InChI is InChI=1S/C17H13Cl2N3O2/c1-9-12(19)4-3-5-13(9)20-17(24)15-16(23)11-8-10(18)6-7-14(11)22(2)21-15/h3-8H,1-2H3,(H,20,24). The largest absolute Gasteiger partial charge is 0.320 e. The van der Waals surface area contributed by atoms with Crippen LogP contribution in [0.3, 0.4) is 0 Å². The summed E-state index contributed by atoms with van der Waals surface area (Å²) in [5.74, 6) is -0.595. The molecule has 5 nitrogen and oxygen atoms in total. The number of benzene rings is 2. The third-order valence-corrected chi connectivity index (χ3v) is 4.39. The highest BCUT2D eigenvalue weighted by Gasteiger charge is 2.18. The maximum absolute atomic E-state index is 12.6. The highest BCUT2D eigenvalue weighted by Crippen LogP contribution is 2.23. The molecule has 0 radical (unpaired) electrons. The van der Waals surface area contributed by atoms with Crippen LogP contribution in [-0.2, 0) is 7.05 Å². The van der Waals surface area contributed by atoms with E-state index in [1.807, 2.05) is 0 Å². The van der Waals surface area contributed by atoms with Gasteiger partial charge in [0.2, 0.25) is 5.43 Å². The Bertz CT molecular complexity index is 1030. The topological polar surface area (TPSA) is 64.0 Å². The molecule has 0 aliphatic carbocycles. The lowest BCUT2D eigenvalue weighted by Gasteiger charge is -2.11. The number of nitrogens with zero attached hydrogens (tertiary/aromatic N) is 2. The molecule has 0 unspecified atom stereocenters. The first kappa shape index (κ1) is 16.5. The van der Waals surface area contributed by atoms with E-state index in [0.717, 1.165) is 0 Å². The highest BCUT2D eigenvalue weighted by molar-refractivity contribution is 6.32. The van der Waals surface area contributed by atoms with Gasteiger partial charge in [-0.2, -0.15) is 5.10 Å². The van der Waals surface area contributed by atoms with Gasteiger partial charge in [0.15, 0.2) is 5.69 Å². The molecule has 0 aliphatic heterocycles. The van der Waals surface area contributed by atoms with Gasteiger partial charge in [-0.05, 0) is 42.8 Å². The summed E-state index contributed by atoms with van der Waals surface area (Å²) >= 11 is 12.0. The van der Waals surface area contributed by atoms with Crippen LogP contribution < -0.4 is 10.7 Å². The second kappa shape index (κ2) is 6.26. The summed E-state index contributed by atoms with van der Waals surface area (Å²) < 4.78 is 1.48. The second-order valence-electron chi connectivity index (χ2n) is 5.33. The Morgan fingerprint density at radius 3 is 2.71 bits per heavy atom. The van der Waals surface area contributed by atoms with Crippen molar-refractivity contribution in [3.8, 4) is 0 Å². The van der Waals surface area contributed by atoms with Gasteiger partial charge in [-0.25, -0.2) is 0 Å². The van der Waals surface area contributed by atoms with E-state index in [-0.39, 0.29) is 5.69 Å². The molecule has 0 fully saturated rings. The molecule has 122 valence electrons. The average Bonchev–Trinajstić information content (AvgIpc) is 2.55. The number of anilines is 1. The average molecular weight is 362 g/mol. The minimum atomic E-state index is -0.595. The molecule has 2 aromatic carbocycles. The zero-order valence-corrected chi connectivity index (χ0v) is 14.4. The molecule has 1 heterocycles. The van der Waals surface area contributed by atoms with Crippen molar-refractivity contribution in [3.05, 3.63) is 67.9 Å². The van der Waals surface area contributed by atoms with Crippen molar-refractivity contribution in [1.29, 1.82) is 0 Å². The van der Waals surface area contributed by atoms with Crippen molar-refractivity contribution < 1.29 is 4.79 Å². The number of amides is 1. The Balaban J connectivity index is 2.09. The SMILES string of the molecule is Cc1c(Cl)cccc1NC(=O)c1nn(C)c2ccc(Cl)cc2c1=O. The molecular weight excluding hydrogens is 349 g/mol. The van der Waals surface area contributed by atoms with Gasteiger partial charge in [0, 0.05) is 22.8 Å². The van der Waals surface area contributed by atoms with Crippen LogP contribution >= 0.6 is 23.2 Å². The molecule has 0 saturated carbocycles. The maximum Gasteiger partial charge on any atom is 0.280 e. The monoisotopic (exact) mass is 361 g/mol. The molecule has 1 N–H and O–H groups in total. The predicted molar refractivity (Wildman–Crippen MR) is 96.1 cm³/mol. The lowest BCUT2D eigenvalue weighted by Crippen LogP contribution is -2.26. The van der Waals surface area contributed by atoms with E-state index in [4.69, 9.17) is 23.2 Å². The molecule has 3 rings (SSSR count). The van der Waals surface area contributed by atoms with E-state index in [1.165, 1.54) is 10.7 Å². The minimum Gasteiger partial charge on any atom is -0.320 e. The second-order valence-corrected chi connectivity index (χ2v) is 6.17. The van der Waals surface area contributed by atoms with Crippen LogP contribution in [0, 0.1) is 6.92 Å². The molecule has 1 amide bonds. The zero-order chi connectivity index (χ0) is 17.4. The predicted octanol–water partition coefficient (Wildman–Crippen LogP) is 3.80. The van der Waals surface area contributed by atoms with Gasteiger partial charge in [0.05, 0.1) is 10.9 Å². The van der Waals surface area contributed by atoms with Gasteiger partial charge in [-0.1, -0.05) is 29.3 Å². The number of aromatic nitrogens is 2. The Morgan fingerprint density at radius 1 is 1.21 bits per heavy atom. The van der Waals surface area contributed by atoms with E-state index in [0.29, 0.717) is 32.2 Å². The Labute approximate surface area is 147 Å². The number of hydrogen-bond donors (Lipinski definition) is 1. The van der Waals surface area contributed by atoms with Gasteiger partial charge in [0.1, 0.15) is 0 Å². The molecule has 24 heavy (non-hydrogen) atoms. The van der Waals surface area contributed by atoms with Crippen LogP contribution in [0.5, 0.6) is 0 Å². The van der Waals surface area contributed by atoms with Crippen molar-refractivity contribution in [2.45, 2.75) is 6.92 Å². The van der Waals surface area contributed by atoms with E-state index in [1.54, 1.807) is 44.3 Å². The minimum absolute atomic E-state index is 0.202. The molecule has 0 bridgehead atoms. The summed E-state index contributed by atoms with van der Waals surface area (Å²) in [6, 6.07) is 10.0. The van der Waals surface area contributed by atoms with E-state index in [9.17, 15) is 9.59 Å². The normalized spacial score (nSPS) is 10.8. The van der Waals surface area contributed by atoms with Gasteiger partial charge >= 0.3 is 0 Å². The van der Waals surface area contributed by atoms with Crippen LogP contribution in [0.4, 0.5) is 5.69 Å². The highest BCUT2D eigenvalue weighted by atomic mass is 35.5. The first-order valence-electron chi connectivity index (χ1n) is 7.11. The molecule has 3 aromatic rings. The van der Waals surface area contributed by atoms with E-state index < -0.39 is 11.3 Å². The third-order valence-electron chi connectivity index (χ3n) is 3.75. The summed E-state index contributed by atoms with van der Waals surface area (Å²) in [5.41, 5.74) is 1.17. The zero-order valence-electron chi connectivity index (χ0n) is 12.9. The molecule has 0 aliphatic rings. The third kappa shape index (κ3) is 2.88. The van der Waals surface area contributed by atoms with Crippen LogP contribution in [-0.4, -0.2) is 15.7 Å². The van der Waals surface area contributed by atoms with Gasteiger partial charge in [-0.15, -0.1) is 0 Å². The summed E-state index contributed by atoms with van der Waals surface area (Å²) in [5, 5.41) is 8.06. The molecule has 0 atom stereocenters. The number of fused-ring (bicyclic) bond motifs is 1. The smallest absolute Gasteiger partial charge is 0.280 e. The lowest BCUT2D eigenvalue weighted by molar-refractivity contribution is 0.101. The first-order valence-corrected chi connectivity index (χ1v) is 7.87. The number of aryl methyl sites for hydroxylation is 1. The fourth-order valence-electron chi connectivity index (χ4n) is 2.42. The number of rotatable bonds is 2. The number of carbonyl (C=O) groups is 1. The van der Waals surface area contributed by atoms with Crippen molar-refractivity contribution in [2.24, 2.45) is 7.05 Å². The van der Waals surface area contributed by atoms with E-state index >= 15 is 0 Å². The maximum atomic E-state index is 12.6. The lowest BCUT2D eigenvalue weighted by atomic mass is 10.1. The molecule has 0 saturated heterocycles. The Hall–Kier alpha value is -2.37. The van der Waals surface area contributed by atoms with E-state index in [2.05, 4.69) is 10.4 Å². The van der Waals surface area contributed by atoms with Gasteiger partial charge in [0.25, 0.3) is 5.91 Å². The summed E-state index contributed by atoms with van der Waals surface area (Å²) in [6.45, 7) is 1.78.